The molecule has 0 amide bonds. The van der Waals surface area contributed by atoms with Crippen LogP contribution in [0.4, 0.5) is 0 Å². The van der Waals surface area contributed by atoms with Gasteiger partial charge in [-0.3, -0.25) is 9.36 Å². The number of aryl methyl sites for hydroxylation is 2. The number of aromatic carboxylic acids is 1. The van der Waals surface area contributed by atoms with E-state index in [0.717, 1.165) is 5.56 Å². The molecule has 0 aliphatic carbocycles. The molecule has 0 spiro atoms. The number of pyridine rings is 1. The lowest BCUT2D eigenvalue weighted by Gasteiger charge is -2.11. The molecule has 1 N–H and O–H groups in total. The van der Waals surface area contributed by atoms with Gasteiger partial charge in [-0.05, 0) is 43.2 Å². The first-order chi connectivity index (χ1) is 8.91. The first-order valence-electron chi connectivity index (χ1n) is 5.64. The Morgan fingerprint density at radius 1 is 1.21 bits per heavy atom. The van der Waals surface area contributed by atoms with Crippen LogP contribution in [0.25, 0.3) is 5.69 Å². The van der Waals surface area contributed by atoms with Crippen molar-refractivity contribution in [3.63, 3.8) is 0 Å². The lowest BCUT2D eigenvalue weighted by atomic mass is 10.1. The molecule has 0 saturated heterocycles. The fourth-order valence-corrected chi connectivity index (χ4v) is 2.08. The van der Waals surface area contributed by atoms with E-state index < -0.39 is 11.5 Å². The zero-order valence-corrected chi connectivity index (χ0v) is 11.2. The van der Waals surface area contributed by atoms with Crippen molar-refractivity contribution in [3.8, 4) is 5.69 Å². The van der Waals surface area contributed by atoms with Crippen LogP contribution in [0, 0.1) is 13.8 Å². The Hall–Kier alpha value is -2.07. The summed E-state index contributed by atoms with van der Waals surface area (Å²) in [5.41, 5.74) is 1.08. The molecule has 0 aliphatic heterocycles. The molecule has 0 saturated carbocycles. The number of nitrogens with zero attached hydrogens (tertiary/aromatic N) is 1. The lowest BCUT2D eigenvalue weighted by Crippen LogP contribution is -2.26. The highest BCUT2D eigenvalue weighted by atomic mass is 35.5. The average molecular weight is 278 g/mol. The fourth-order valence-electron chi connectivity index (χ4n) is 1.92. The van der Waals surface area contributed by atoms with Gasteiger partial charge in [0.1, 0.15) is 5.56 Å². The van der Waals surface area contributed by atoms with E-state index in [2.05, 4.69) is 0 Å². The van der Waals surface area contributed by atoms with Gasteiger partial charge < -0.3 is 5.11 Å². The smallest absolute Gasteiger partial charge is 0.341 e. The minimum Gasteiger partial charge on any atom is -0.477 e. The summed E-state index contributed by atoms with van der Waals surface area (Å²) in [4.78, 5) is 23.4. The first kappa shape index (κ1) is 13.4. The van der Waals surface area contributed by atoms with Crippen LogP contribution in [0.3, 0.4) is 0 Å². The number of carboxylic acids is 1. The van der Waals surface area contributed by atoms with E-state index in [4.69, 9.17) is 16.7 Å². The van der Waals surface area contributed by atoms with E-state index in [1.807, 2.05) is 6.92 Å². The number of carbonyl (C=O) groups is 1. The molecule has 0 atom stereocenters. The van der Waals surface area contributed by atoms with E-state index >= 15 is 0 Å². The minimum absolute atomic E-state index is 0.220. The second-order valence-electron chi connectivity index (χ2n) is 4.28. The molecule has 0 radical (unpaired) electrons. The standard InChI is InChI=1S/C14H12ClNO3/c1-8-3-4-10(15)7-11(8)16-6-5-9(2)12(13(16)17)14(18)19/h3-7H,1-2H3,(H,18,19). The van der Waals surface area contributed by atoms with Crippen molar-refractivity contribution < 1.29 is 9.90 Å². The van der Waals surface area contributed by atoms with Crippen molar-refractivity contribution in [2.75, 3.05) is 0 Å². The molecule has 2 aromatic rings. The number of rotatable bonds is 2. The molecule has 2 rings (SSSR count). The van der Waals surface area contributed by atoms with E-state index in [9.17, 15) is 9.59 Å². The van der Waals surface area contributed by atoms with E-state index in [-0.39, 0.29) is 5.56 Å². The van der Waals surface area contributed by atoms with Gasteiger partial charge in [-0.2, -0.15) is 0 Å². The van der Waals surface area contributed by atoms with Gasteiger partial charge in [-0.1, -0.05) is 17.7 Å². The van der Waals surface area contributed by atoms with Crippen molar-refractivity contribution in [1.82, 2.24) is 4.57 Å². The average Bonchev–Trinajstić information content (AvgIpc) is 2.32. The molecule has 19 heavy (non-hydrogen) atoms. The molecule has 0 fully saturated rings. The highest BCUT2D eigenvalue weighted by Crippen LogP contribution is 2.18. The molecule has 0 aliphatic rings. The van der Waals surface area contributed by atoms with Gasteiger partial charge in [-0.15, -0.1) is 0 Å². The van der Waals surface area contributed by atoms with Crippen LogP contribution in [-0.4, -0.2) is 15.6 Å². The first-order valence-corrected chi connectivity index (χ1v) is 6.01. The summed E-state index contributed by atoms with van der Waals surface area (Å²) in [6, 6.07) is 6.74. The largest absolute Gasteiger partial charge is 0.477 e. The Kier molecular flexibility index (Phi) is 3.44. The number of hydrogen-bond donors (Lipinski definition) is 1. The Morgan fingerprint density at radius 2 is 1.89 bits per heavy atom. The summed E-state index contributed by atoms with van der Waals surface area (Å²) >= 11 is 5.92. The highest BCUT2D eigenvalue weighted by molar-refractivity contribution is 6.30. The van der Waals surface area contributed by atoms with Crippen molar-refractivity contribution in [2.45, 2.75) is 13.8 Å². The fraction of sp³-hybridized carbons (Fsp3) is 0.143. The summed E-state index contributed by atoms with van der Waals surface area (Å²) in [6.07, 6.45) is 1.56. The third-order valence-electron chi connectivity index (χ3n) is 2.95. The quantitative estimate of drug-likeness (QED) is 0.918. The number of aromatic nitrogens is 1. The third kappa shape index (κ3) is 2.39. The van der Waals surface area contributed by atoms with Crippen molar-refractivity contribution in [3.05, 3.63) is 62.5 Å². The summed E-state index contributed by atoms with van der Waals surface area (Å²) in [6.45, 7) is 3.43. The van der Waals surface area contributed by atoms with Gasteiger partial charge in [0.2, 0.25) is 0 Å². The van der Waals surface area contributed by atoms with Gasteiger partial charge in [0.15, 0.2) is 0 Å². The van der Waals surface area contributed by atoms with E-state index in [1.54, 1.807) is 37.4 Å². The third-order valence-corrected chi connectivity index (χ3v) is 3.18. The molecule has 5 heteroatoms. The number of benzene rings is 1. The number of halogens is 1. The van der Waals surface area contributed by atoms with Crippen molar-refractivity contribution >= 4 is 17.6 Å². The van der Waals surface area contributed by atoms with E-state index in [0.29, 0.717) is 16.3 Å². The van der Waals surface area contributed by atoms with Crippen LogP contribution >= 0.6 is 11.6 Å². The van der Waals surface area contributed by atoms with Crippen LogP contribution < -0.4 is 5.56 Å². The predicted molar refractivity (Wildman–Crippen MR) is 73.5 cm³/mol. The Labute approximate surface area is 114 Å². The number of carboxylic acid groups (broad SMARTS) is 1. The second-order valence-corrected chi connectivity index (χ2v) is 4.72. The summed E-state index contributed by atoms with van der Waals surface area (Å²) in [5.74, 6) is -1.23. The lowest BCUT2D eigenvalue weighted by molar-refractivity contribution is 0.0694. The minimum atomic E-state index is -1.23. The van der Waals surface area contributed by atoms with Gasteiger partial charge >= 0.3 is 5.97 Å². The normalized spacial score (nSPS) is 10.5. The van der Waals surface area contributed by atoms with Crippen LogP contribution in [-0.2, 0) is 0 Å². The topological polar surface area (TPSA) is 59.3 Å². The SMILES string of the molecule is Cc1ccc(Cl)cc1-n1ccc(C)c(C(=O)O)c1=O. The predicted octanol–water partition coefficient (Wildman–Crippen LogP) is 2.81. The summed E-state index contributed by atoms with van der Waals surface area (Å²) in [5, 5.41) is 9.59. The molecular weight excluding hydrogens is 266 g/mol. The van der Waals surface area contributed by atoms with Gasteiger partial charge in [0, 0.05) is 11.2 Å². The maximum atomic E-state index is 12.2. The monoisotopic (exact) mass is 277 g/mol. The van der Waals surface area contributed by atoms with Crippen LogP contribution in [0.15, 0.2) is 35.3 Å². The number of hydrogen-bond acceptors (Lipinski definition) is 2. The Bertz CT molecular complexity index is 719. The molecule has 0 unspecified atom stereocenters. The van der Waals surface area contributed by atoms with Crippen LogP contribution in [0.2, 0.25) is 5.02 Å². The molecule has 1 aromatic heterocycles. The Balaban J connectivity index is 2.78. The maximum absolute atomic E-state index is 12.2. The second kappa shape index (κ2) is 4.90. The molecule has 0 bridgehead atoms. The van der Waals surface area contributed by atoms with Gasteiger partial charge in [0.25, 0.3) is 5.56 Å². The zero-order chi connectivity index (χ0) is 14.2. The molecular formula is C14H12ClNO3. The van der Waals surface area contributed by atoms with Crippen LogP contribution in [0.5, 0.6) is 0 Å². The van der Waals surface area contributed by atoms with E-state index in [1.165, 1.54) is 4.57 Å². The highest BCUT2D eigenvalue weighted by Gasteiger charge is 2.15. The van der Waals surface area contributed by atoms with Gasteiger partial charge in [0.05, 0.1) is 5.69 Å². The van der Waals surface area contributed by atoms with Crippen molar-refractivity contribution in [1.29, 1.82) is 0 Å². The van der Waals surface area contributed by atoms with Crippen LogP contribution in [0.1, 0.15) is 21.5 Å². The molecule has 1 aromatic carbocycles. The molecule has 1 heterocycles. The summed E-state index contributed by atoms with van der Waals surface area (Å²) in [7, 11) is 0. The zero-order valence-electron chi connectivity index (χ0n) is 10.5. The molecule has 4 nitrogen and oxygen atoms in total. The Morgan fingerprint density at radius 3 is 2.53 bits per heavy atom. The summed E-state index contributed by atoms with van der Waals surface area (Å²) < 4.78 is 1.30. The van der Waals surface area contributed by atoms with Gasteiger partial charge in [-0.25, -0.2) is 4.79 Å². The van der Waals surface area contributed by atoms with Crippen molar-refractivity contribution in [2.24, 2.45) is 0 Å². The maximum Gasteiger partial charge on any atom is 0.341 e. The molecule has 98 valence electrons.